The van der Waals surface area contributed by atoms with Crippen molar-refractivity contribution in [2.24, 2.45) is 0 Å². The fraction of sp³-hybridized carbons (Fsp3) is 0.227. The monoisotopic (exact) mass is 349 g/mol. The Hall–Kier alpha value is -3.01. The van der Waals surface area contributed by atoms with Crippen molar-refractivity contribution >= 4 is 16.7 Å². The van der Waals surface area contributed by atoms with E-state index in [-0.39, 0.29) is 18.6 Å². The van der Waals surface area contributed by atoms with Gasteiger partial charge in [-0.25, -0.2) is 0 Å². The van der Waals surface area contributed by atoms with Gasteiger partial charge in [0.1, 0.15) is 11.5 Å². The number of ether oxygens (including phenoxy) is 2. The highest BCUT2D eigenvalue weighted by molar-refractivity contribution is 5.87. The molecule has 1 atom stereocenters. The van der Waals surface area contributed by atoms with E-state index in [0.717, 1.165) is 22.1 Å². The normalized spacial score (nSPS) is 11.8. The van der Waals surface area contributed by atoms with Gasteiger partial charge >= 0.3 is 0 Å². The van der Waals surface area contributed by atoms with E-state index in [1.165, 1.54) is 0 Å². The summed E-state index contributed by atoms with van der Waals surface area (Å²) in [7, 11) is 0. The van der Waals surface area contributed by atoms with Gasteiger partial charge in [-0.2, -0.15) is 0 Å². The fourth-order valence-electron chi connectivity index (χ4n) is 2.94. The molecule has 0 saturated carbocycles. The van der Waals surface area contributed by atoms with Gasteiger partial charge in [-0.05, 0) is 54.4 Å². The van der Waals surface area contributed by atoms with Crippen LogP contribution < -0.4 is 14.8 Å². The number of hydrogen-bond donors (Lipinski definition) is 1. The molecule has 0 aliphatic rings. The zero-order chi connectivity index (χ0) is 18.4. The van der Waals surface area contributed by atoms with Crippen molar-refractivity contribution in [3.63, 3.8) is 0 Å². The molecule has 3 aromatic rings. The second-order valence-electron chi connectivity index (χ2n) is 6.05. The molecule has 0 heterocycles. The standard InChI is InChI=1S/C22H23NO3/c1-3-25-18-11-13-19(14-12-18)26-15-22(24)23-16(2)20-10-6-8-17-7-4-5-9-21(17)20/h4-14,16H,3,15H2,1-2H3,(H,23,24). The Morgan fingerprint density at radius 1 is 0.923 bits per heavy atom. The van der Waals surface area contributed by atoms with E-state index in [1.54, 1.807) is 12.1 Å². The largest absolute Gasteiger partial charge is 0.494 e. The van der Waals surface area contributed by atoms with Crippen molar-refractivity contribution in [3.8, 4) is 11.5 Å². The van der Waals surface area contributed by atoms with E-state index >= 15 is 0 Å². The highest BCUT2D eigenvalue weighted by Gasteiger charge is 2.12. The number of fused-ring (bicyclic) bond motifs is 1. The minimum atomic E-state index is -0.153. The van der Waals surface area contributed by atoms with Gasteiger partial charge in [0.15, 0.2) is 6.61 Å². The Morgan fingerprint density at radius 3 is 2.31 bits per heavy atom. The van der Waals surface area contributed by atoms with Gasteiger partial charge in [0.05, 0.1) is 12.6 Å². The van der Waals surface area contributed by atoms with Crippen molar-refractivity contribution in [2.45, 2.75) is 19.9 Å². The molecule has 0 fully saturated rings. The first-order valence-electron chi connectivity index (χ1n) is 8.80. The quantitative estimate of drug-likeness (QED) is 0.683. The van der Waals surface area contributed by atoms with Crippen molar-refractivity contribution in [2.75, 3.05) is 13.2 Å². The summed E-state index contributed by atoms with van der Waals surface area (Å²) in [5.74, 6) is 1.27. The first-order chi connectivity index (χ1) is 12.7. The molecule has 0 aliphatic carbocycles. The Kier molecular flexibility index (Phi) is 5.74. The Labute approximate surface area is 153 Å². The lowest BCUT2D eigenvalue weighted by Gasteiger charge is -2.17. The molecule has 4 nitrogen and oxygen atoms in total. The van der Waals surface area contributed by atoms with Crippen molar-refractivity contribution in [1.29, 1.82) is 0 Å². The molecule has 3 aromatic carbocycles. The van der Waals surface area contributed by atoms with Gasteiger partial charge < -0.3 is 14.8 Å². The zero-order valence-corrected chi connectivity index (χ0v) is 15.1. The number of hydrogen-bond acceptors (Lipinski definition) is 3. The second-order valence-corrected chi connectivity index (χ2v) is 6.05. The van der Waals surface area contributed by atoms with Crippen molar-refractivity contribution < 1.29 is 14.3 Å². The minimum Gasteiger partial charge on any atom is -0.494 e. The van der Waals surface area contributed by atoms with Crippen LogP contribution in [0.15, 0.2) is 66.7 Å². The molecular weight excluding hydrogens is 326 g/mol. The summed E-state index contributed by atoms with van der Waals surface area (Å²) in [5, 5.41) is 5.31. The lowest BCUT2D eigenvalue weighted by Crippen LogP contribution is -2.31. The number of carbonyl (C=O) groups excluding carboxylic acids is 1. The minimum absolute atomic E-state index is 0.0247. The van der Waals surface area contributed by atoms with Crippen LogP contribution in [0.3, 0.4) is 0 Å². The van der Waals surface area contributed by atoms with Crippen LogP contribution in [0.2, 0.25) is 0 Å². The summed E-state index contributed by atoms with van der Waals surface area (Å²) in [6, 6.07) is 21.4. The summed E-state index contributed by atoms with van der Waals surface area (Å²) in [6.07, 6.45) is 0. The Balaban J connectivity index is 1.59. The van der Waals surface area contributed by atoms with Crippen LogP contribution in [0.4, 0.5) is 0 Å². The predicted octanol–water partition coefficient (Wildman–Crippen LogP) is 4.49. The van der Waals surface area contributed by atoms with Crippen LogP contribution in [-0.2, 0) is 4.79 Å². The average Bonchev–Trinajstić information content (AvgIpc) is 2.67. The van der Waals surface area contributed by atoms with Gasteiger partial charge in [-0.3, -0.25) is 4.79 Å². The number of amides is 1. The maximum Gasteiger partial charge on any atom is 0.258 e. The molecule has 0 saturated heterocycles. The SMILES string of the molecule is CCOc1ccc(OCC(=O)NC(C)c2cccc3ccccc23)cc1. The molecule has 4 heteroatoms. The topological polar surface area (TPSA) is 47.6 Å². The van der Waals surface area contributed by atoms with E-state index in [0.29, 0.717) is 12.4 Å². The third-order valence-electron chi connectivity index (χ3n) is 4.17. The van der Waals surface area contributed by atoms with Crippen LogP contribution in [0.25, 0.3) is 10.8 Å². The second kappa shape index (κ2) is 8.39. The molecule has 0 spiro atoms. The predicted molar refractivity (Wildman–Crippen MR) is 104 cm³/mol. The lowest BCUT2D eigenvalue weighted by atomic mass is 10.00. The molecule has 1 unspecified atom stereocenters. The average molecular weight is 349 g/mol. The van der Waals surface area contributed by atoms with E-state index in [2.05, 4.69) is 23.5 Å². The van der Waals surface area contributed by atoms with E-state index in [9.17, 15) is 4.79 Å². The molecule has 26 heavy (non-hydrogen) atoms. The molecule has 0 radical (unpaired) electrons. The summed E-state index contributed by atoms with van der Waals surface area (Å²) < 4.78 is 10.9. The zero-order valence-electron chi connectivity index (χ0n) is 15.1. The molecule has 1 amide bonds. The van der Waals surface area contributed by atoms with Gasteiger partial charge in [-0.15, -0.1) is 0 Å². The number of carbonyl (C=O) groups is 1. The molecule has 3 rings (SSSR count). The third-order valence-corrected chi connectivity index (χ3v) is 4.17. The lowest BCUT2D eigenvalue weighted by molar-refractivity contribution is -0.123. The van der Waals surface area contributed by atoms with Crippen molar-refractivity contribution in [3.05, 3.63) is 72.3 Å². The highest BCUT2D eigenvalue weighted by Crippen LogP contribution is 2.24. The Morgan fingerprint density at radius 2 is 1.58 bits per heavy atom. The first-order valence-corrected chi connectivity index (χ1v) is 8.80. The summed E-state index contributed by atoms with van der Waals surface area (Å²) >= 11 is 0. The highest BCUT2D eigenvalue weighted by atomic mass is 16.5. The van der Waals surface area contributed by atoms with E-state index in [1.807, 2.05) is 50.2 Å². The number of rotatable bonds is 7. The van der Waals surface area contributed by atoms with E-state index < -0.39 is 0 Å². The molecule has 1 N–H and O–H groups in total. The van der Waals surface area contributed by atoms with Crippen LogP contribution in [-0.4, -0.2) is 19.1 Å². The first kappa shape index (κ1) is 17.8. The van der Waals surface area contributed by atoms with Crippen LogP contribution in [0, 0.1) is 0 Å². The number of nitrogens with one attached hydrogen (secondary N) is 1. The van der Waals surface area contributed by atoms with Gasteiger partial charge in [-0.1, -0.05) is 42.5 Å². The fourth-order valence-corrected chi connectivity index (χ4v) is 2.94. The van der Waals surface area contributed by atoms with Crippen LogP contribution in [0.1, 0.15) is 25.5 Å². The van der Waals surface area contributed by atoms with Crippen molar-refractivity contribution in [1.82, 2.24) is 5.32 Å². The molecule has 0 aromatic heterocycles. The summed E-state index contributed by atoms with van der Waals surface area (Å²) in [4.78, 5) is 12.2. The van der Waals surface area contributed by atoms with E-state index in [4.69, 9.17) is 9.47 Å². The molecule has 0 bridgehead atoms. The van der Waals surface area contributed by atoms with Gasteiger partial charge in [0, 0.05) is 0 Å². The molecule has 134 valence electrons. The number of benzene rings is 3. The maximum absolute atomic E-state index is 12.2. The summed E-state index contributed by atoms with van der Waals surface area (Å²) in [6.45, 7) is 4.51. The maximum atomic E-state index is 12.2. The smallest absolute Gasteiger partial charge is 0.258 e. The third kappa shape index (κ3) is 4.33. The van der Waals surface area contributed by atoms with Crippen LogP contribution in [0.5, 0.6) is 11.5 Å². The summed E-state index contributed by atoms with van der Waals surface area (Å²) in [5.41, 5.74) is 1.09. The van der Waals surface area contributed by atoms with Gasteiger partial charge in [0.2, 0.25) is 0 Å². The molecule has 0 aliphatic heterocycles. The van der Waals surface area contributed by atoms with Crippen LogP contribution >= 0.6 is 0 Å². The van der Waals surface area contributed by atoms with Gasteiger partial charge in [0.25, 0.3) is 5.91 Å². The Bertz CT molecular complexity index is 869. The molecular formula is C22H23NO3.